The van der Waals surface area contributed by atoms with Gasteiger partial charge < -0.3 is 9.80 Å². The molecule has 0 radical (unpaired) electrons. The zero-order valence-electron chi connectivity index (χ0n) is 43.9. The van der Waals surface area contributed by atoms with Crippen LogP contribution in [0.1, 0.15) is 155 Å². The molecule has 4 heteroatoms. The lowest BCUT2D eigenvalue weighted by molar-refractivity contribution is 0.557. The Labute approximate surface area is 408 Å². The highest BCUT2D eigenvalue weighted by molar-refractivity contribution is 6.09. The molecule has 8 aromatic rings. The maximum absolute atomic E-state index is 5.14. The summed E-state index contributed by atoms with van der Waals surface area (Å²) in [5.41, 5.74) is 17.3. The third kappa shape index (κ3) is 8.43. The van der Waals surface area contributed by atoms with Crippen molar-refractivity contribution in [2.45, 2.75) is 143 Å². The molecular weight excluding hydrogens is 825 g/mol. The van der Waals surface area contributed by atoms with Gasteiger partial charge in [-0.2, -0.15) is 0 Å². The van der Waals surface area contributed by atoms with Crippen LogP contribution in [0.5, 0.6) is 0 Å². The van der Waals surface area contributed by atoms with Crippen LogP contribution in [-0.4, -0.2) is 16.2 Å². The first-order chi connectivity index (χ1) is 31.7. The fraction of sp³-hybridized carbons (Fsp3) is 0.359. The van der Waals surface area contributed by atoms with E-state index in [2.05, 4.69) is 265 Å². The lowest BCUT2D eigenvalue weighted by Crippen LogP contribution is -2.26. The van der Waals surface area contributed by atoms with Crippen LogP contribution in [0.3, 0.4) is 0 Å². The zero-order valence-corrected chi connectivity index (χ0v) is 43.9. The van der Waals surface area contributed by atoms with Crippen molar-refractivity contribution in [1.82, 2.24) is 9.55 Å². The summed E-state index contributed by atoms with van der Waals surface area (Å²) >= 11 is 0. The molecule has 6 aromatic carbocycles. The number of anilines is 4. The highest BCUT2D eigenvalue weighted by Crippen LogP contribution is 2.47. The second-order valence-corrected chi connectivity index (χ2v) is 24.8. The van der Waals surface area contributed by atoms with Crippen molar-refractivity contribution in [3.8, 4) is 5.82 Å². The van der Waals surface area contributed by atoms with Crippen molar-refractivity contribution in [3.63, 3.8) is 0 Å². The van der Waals surface area contributed by atoms with Gasteiger partial charge in [-0.1, -0.05) is 190 Å². The number of para-hydroxylation sites is 3. The van der Waals surface area contributed by atoms with E-state index in [1.807, 2.05) is 6.20 Å². The number of hydrogen-bond donors (Lipinski definition) is 0. The van der Waals surface area contributed by atoms with Crippen molar-refractivity contribution in [2.24, 2.45) is 0 Å². The molecule has 4 nitrogen and oxygen atoms in total. The number of rotatable bonds is 7. The van der Waals surface area contributed by atoms with Gasteiger partial charge in [0.05, 0.1) is 22.4 Å². The SMILES string of the molecule is CC(C)(C)c1cc(N2CN(c3cccc(C(C)(C)c4ccc5c6ccccc6n(-c6cc(C(C)(C)c7cc(C(C)(C)C)cc(C(C)(C)C)c7)ccn6)c5c4)c3)c3ccccc32)cc(C(C)(C)C)c1. The van der Waals surface area contributed by atoms with Gasteiger partial charge in [-0.25, -0.2) is 4.98 Å². The molecule has 1 aliphatic heterocycles. The fourth-order valence-corrected chi connectivity index (χ4v) is 10.1. The van der Waals surface area contributed by atoms with Gasteiger partial charge >= 0.3 is 0 Å². The Balaban J connectivity index is 1.11. The maximum atomic E-state index is 5.14. The first-order valence-electron chi connectivity index (χ1n) is 24.8. The van der Waals surface area contributed by atoms with E-state index in [-0.39, 0.29) is 32.5 Å². The summed E-state index contributed by atoms with van der Waals surface area (Å²) in [4.78, 5) is 10.1. The molecule has 0 fully saturated rings. The largest absolute Gasteiger partial charge is 0.321 e. The summed E-state index contributed by atoms with van der Waals surface area (Å²) in [6.45, 7) is 38.0. The number of pyridine rings is 1. The van der Waals surface area contributed by atoms with Gasteiger partial charge in [0, 0.05) is 39.2 Å². The molecule has 0 amide bonds. The first-order valence-corrected chi connectivity index (χ1v) is 24.8. The number of aromatic nitrogens is 2. The van der Waals surface area contributed by atoms with Crippen LogP contribution in [0.25, 0.3) is 27.6 Å². The van der Waals surface area contributed by atoms with Crippen LogP contribution in [-0.2, 0) is 32.5 Å². The molecule has 0 saturated heterocycles. The molecule has 0 spiro atoms. The summed E-state index contributed by atoms with van der Waals surface area (Å²) < 4.78 is 2.39. The molecule has 0 aliphatic carbocycles. The molecule has 1 aliphatic rings. The van der Waals surface area contributed by atoms with E-state index >= 15 is 0 Å². The minimum absolute atomic E-state index is 0.0274. The van der Waals surface area contributed by atoms with Gasteiger partial charge in [0.1, 0.15) is 12.5 Å². The van der Waals surface area contributed by atoms with Crippen LogP contribution in [0.2, 0.25) is 0 Å². The van der Waals surface area contributed by atoms with Gasteiger partial charge in [-0.15, -0.1) is 0 Å². The Kier molecular flexibility index (Phi) is 11.2. The van der Waals surface area contributed by atoms with Gasteiger partial charge in [-0.05, 0) is 127 Å². The number of nitrogens with zero attached hydrogens (tertiary/aromatic N) is 4. The third-order valence-electron chi connectivity index (χ3n) is 15.1. The van der Waals surface area contributed by atoms with E-state index in [1.165, 1.54) is 78.0 Å². The zero-order chi connectivity index (χ0) is 48.9. The lowest BCUT2D eigenvalue weighted by atomic mass is 9.72. The predicted octanol–water partition coefficient (Wildman–Crippen LogP) is 17.3. The third-order valence-corrected chi connectivity index (χ3v) is 15.1. The van der Waals surface area contributed by atoms with Crippen LogP contribution >= 0.6 is 0 Å². The standard InChI is InChI=1S/C64H74N4/c1-59(2,3)45-32-46(60(4,5)6)35-49(34-45)64(15,16)44-30-31-65-58(40-44)68-54-25-18-17-24-52(54)53-29-28-43(39-57(53)68)63(13,14)42-22-21-23-50(36-42)66-41-67(56-27-20-19-26-55(56)66)51-37-47(61(7,8)9)33-48(38-51)62(10,11)12/h17-40H,41H2,1-16H3. The van der Waals surface area contributed by atoms with Gasteiger partial charge in [-0.3, -0.25) is 4.57 Å². The second kappa shape index (κ2) is 16.3. The van der Waals surface area contributed by atoms with Crippen molar-refractivity contribution >= 4 is 44.6 Å². The summed E-state index contributed by atoms with van der Waals surface area (Å²) in [6, 6.07) is 53.1. The minimum Gasteiger partial charge on any atom is -0.321 e. The summed E-state index contributed by atoms with van der Waals surface area (Å²) in [5.74, 6) is 0.932. The second-order valence-electron chi connectivity index (χ2n) is 24.8. The molecule has 0 atom stereocenters. The monoisotopic (exact) mass is 899 g/mol. The Morgan fingerprint density at radius 3 is 1.40 bits per heavy atom. The fourth-order valence-electron chi connectivity index (χ4n) is 10.1. The Bertz CT molecular complexity index is 3140. The molecule has 0 bridgehead atoms. The molecule has 0 N–H and O–H groups in total. The highest BCUT2D eigenvalue weighted by atomic mass is 15.4. The number of fused-ring (bicyclic) bond motifs is 4. The summed E-state index contributed by atoms with van der Waals surface area (Å²) in [6.07, 6.45) is 2.01. The average molecular weight is 899 g/mol. The molecule has 9 rings (SSSR count). The normalized spacial score (nSPS) is 14.1. The quantitative estimate of drug-likeness (QED) is 0.159. The summed E-state index contributed by atoms with van der Waals surface area (Å²) in [5, 5.41) is 2.46. The van der Waals surface area contributed by atoms with Crippen LogP contribution in [0.15, 0.2) is 146 Å². The van der Waals surface area contributed by atoms with E-state index in [0.717, 1.165) is 23.5 Å². The van der Waals surface area contributed by atoms with Crippen LogP contribution in [0, 0.1) is 0 Å². The van der Waals surface area contributed by atoms with Crippen molar-refractivity contribution in [2.75, 3.05) is 16.5 Å². The molecule has 68 heavy (non-hydrogen) atoms. The summed E-state index contributed by atoms with van der Waals surface area (Å²) in [7, 11) is 0. The molecule has 0 unspecified atom stereocenters. The highest BCUT2D eigenvalue weighted by Gasteiger charge is 2.33. The average Bonchev–Trinajstić information content (AvgIpc) is 3.84. The molecule has 0 saturated carbocycles. The number of hydrogen-bond acceptors (Lipinski definition) is 3. The Morgan fingerprint density at radius 2 is 0.809 bits per heavy atom. The molecular formula is C64H74N4. The van der Waals surface area contributed by atoms with Crippen LogP contribution < -0.4 is 9.80 Å². The van der Waals surface area contributed by atoms with E-state index < -0.39 is 0 Å². The molecule has 2 aromatic heterocycles. The lowest BCUT2D eigenvalue weighted by Gasteiger charge is -2.32. The number of benzene rings is 6. The topological polar surface area (TPSA) is 24.3 Å². The van der Waals surface area contributed by atoms with Gasteiger partial charge in [0.15, 0.2) is 0 Å². The Morgan fingerprint density at radius 1 is 0.353 bits per heavy atom. The first kappa shape index (κ1) is 47.0. The van der Waals surface area contributed by atoms with Crippen molar-refractivity contribution < 1.29 is 0 Å². The molecule has 350 valence electrons. The van der Waals surface area contributed by atoms with Crippen molar-refractivity contribution in [3.05, 3.63) is 190 Å². The minimum atomic E-state index is -0.312. The van der Waals surface area contributed by atoms with Gasteiger partial charge in [0.2, 0.25) is 0 Å². The van der Waals surface area contributed by atoms with Gasteiger partial charge in [0.25, 0.3) is 0 Å². The van der Waals surface area contributed by atoms with E-state index in [4.69, 9.17) is 4.98 Å². The van der Waals surface area contributed by atoms with E-state index in [0.29, 0.717) is 0 Å². The van der Waals surface area contributed by atoms with E-state index in [1.54, 1.807) is 0 Å². The molecule has 3 heterocycles. The van der Waals surface area contributed by atoms with Crippen LogP contribution in [0.4, 0.5) is 22.7 Å². The smallest absolute Gasteiger partial charge is 0.137 e. The maximum Gasteiger partial charge on any atom is 0.137 e. The van der Waals surface area contributed by atoms with Crippen molar-refractivity contribution in [1.29, 1.82) is 0 Å². The predicted molar refractivity (Wildman–Crippen MR) is 293 cm³/mol. The van der Waals surface area contributed by atoms with E-state index in [9.17, 15) is 0 Å². The Hall–Kier alpha value is -6.13.